The van der Waals surface area contributed by atoms with Crippen LogP contribution in [0.2, 0.25) is 10.0 Å². The lowest BCUT2D eigenvalue weighted by atomic mass is 10.2. The van der Waals surface area contributed by atoms with Gasteiger partial charge in [-0.1, -0.05) is 35.3 Å². The molecule has 0 bridgehead atoms. The highest BCUT2D eigenvalue weighted by molar-refractivity contribution is 7.98. The van der Waals surface area contributed by atoms with Gasteiger partial charge in [-0.05, 0) is 42.7 Å². The van der Waals surface area contributed by atoms with E-state index in [9.17, 15) is 9.90 Å². The van der Waals surface area contributed by atoms with Gasteiger partial charge in [0.05, 0.1) is 5.02 Å². The molecule has 24 heavy (non-hydrogen) atoms. The molecule has 7 heteroatoms. The zero-order chi connectivity index (χ0) is 17.3. The highest BCUT2D eigenvalue weighted by Gasteiger charge is 2.24. The maximum Gasteiger partial charge on any atom is 0.357 e. The summed E-state index contributed by atoms with van der Waals surface area (Å²) >= 11 is 13.6. The van der Waals surface area contributed by atoms with Crippen molar-refractivity contribution in [3.8, 4) is 17.1 Å². The third-order valence-electron chi connectivity index (χ3n) is 3.43. The molecule has 0 saturated heterocycles. The van der Waals surface area contributed by atoms with E-state index in [0.717, 1.165) is 5.69 Å². The van der Waals surface area contributed by atoms with Gasteiger partial charge in [0.15, 0.2) is 5.69 Å². The molecule has 1 N–H and O–H groups in total. The maximum absolute atomic E-state index is 11.6. The minimum Gasteiger partial charge on any atom is -0.476 e. The van der Waals surface area contributed by atoms with Gasteiger partial charge in [0.25, 0.3) is 0 Å². The Kier molecular flexibility index (Phi) is 4.85. The van der Waals surface area contributed by atoms with E-state index < -0.39 is 5.97 Å². The normalized spacial score (nSPS) is 10.8. The number of nitrogens with zero attached hydrogens (tertiary/aromatic N) is 2. The standard InChI is InChI=1S/C17H12Cl2N2O2S/c1-24-16-14(17(22)23)20-15(12-4-2-3-5-13(12)19)21(16)11-8-6-10(18)7-9-11/h2-9H,1H3,(H,22,23). The Labute approximate surface area is 153 Å². The second kappa shape index (κ2) is 6.89. The summed E-state index contributed by atoms with van der Waals surface area (Å²) < 4.78 is 1.78. The van der Waals surface area contributed by atoms with Crippen LogP contribution in [0.15, 0.2) is 53.6 Å². The van der Waals surface area contributed by atoms with Crippen molar-refractivity contribution in [3.63, 3.8) is 0 Å². The Morgan fingerprint density at radius 2 is 1.79 bits per heavy atom. The van der Waals surface area contributed by atoms with Crippen LogP contribution in [-0.2, 0) is 0 Å². The van der Waals surface area contributed by atoms with Crippen LogP contribution >= 0.6 is 35.0 Å². The third-order valence-corrected chi connectivity index (χ3v) is 4.77. The van der Waals surface area contributed by atoms with Crippen LogP contribution in [0.1, 0.15) is 10.5 Å². The van der Waals surface area contributed by atoms with E-state index in [2.05, 4.69) is 4.98 Å². The summed E-state index contributed by atoms with van der Waals surface area (Å²) in [6, 6.07) is 14.3. The number of hydrogen-bond acceptors (Lipinski definition) is 3. The van der Waals surface area contributed by atoms with Gasteiger partial charge in [0.1, 0.15) is 10.9 Å². The number of benzene rings is 2. The van der Waals surface area contributed by atoms with Crippen molar-refractivity contribution in [1.29, 1.82) is 0 Å². The Hall–Kier alpha value is -1.95. The van der Waals surface area contributed by atoms with Crippen LogP contribution in [0.3, 0.4) is 0 Å². The number of carbonyl (C=O) groups is 1. The van der Waals surface area contributed by atoms with Gasteiger partial charge in [-0.2, -0.15) is 0 Å². The van der Waals surface area contributed by atoms with E-state index in [-0.39, 0.29) is 5.69 Å². The molecule has 0 spiro atoms. The van der Waals surface area contributed by atoms with Crippen LogP contribution in [0.25, 0.3) is 17.1 Å². The molecule has 0 unspecified atom stereocenters. The molecule has 1 aromatic heterocycles. The fourth-order valence-electron chi connectivity index (χ4n) is 2.39. The first-order chi connectivity index (χ1) is 11.5. The van der Waals surface area contributed by atoms with Crippen LogP contribution in [-0.4, -0.2) is 26.9 Å². The summed E-state index contributed by atoms with van der Waals surface area (Å²) in [7, 11) is 0. The molecule has 2 aromatic carbocycles. The third kappa shape index (κ3) is 3.02. The second-order valence-electron chi connectivity index (χ2n) is 4.89. The van der Waals surface area contributed by atoms with Gasteiger partial charge < -0.3 is 5.11 Å². The summed E-state index contributed by atoms with van der Waals surface area (Å²) in [5.41, 5.74) is 1.42. The fourth-order valence-corrected chi connectivity index (χ4v) is 3.43. The van der Waals surface area contributed by atoms with E-state index in [1.54, 1.807) is 22.8 Å². The molecule has 1 heterocycles. The number of imidazole rings is 1. The quantitative estimate of drug-likeness (QED) is 0.628. The first kappa shape index (κ1) is 16.9. The minimum absolute atomic E-state index is 0.00707. The summed E-state index contributed by atoms with van der Waals surface area (Å²) in [4.78, 5) is 15.9. The van der Waals surface area contributed by atoms with Crippen molar-refractivity contribution in [2.45, 2.75) is 5.03 Å². The maximum atomic E-state index is 11.6. The predicted molar refractivity (Wildman–Crippen MR) is 97.8 cm³/mol. The zero-order valence-electron chi connectivity index (χ0n) is 12.5. The molecule has 0 saturated carbocycles. The Morgan fingerprint density at radius 3 is 2.38 bits per heavy atom. The van der Waals surface area contributed by atoms with Gasteiger partial charge in [-0.3, -0.25) is 4.57 Å². The lowest BCUT2D eigenvalue weighted by Crippen LogP contribution is -2.01. The number of halogens is 2. The van der Waals surface area contributed by atoms with Crippen molar-refractivity contribution < 1.29 is 9.90 Å². The Balaban J connectivity index is 2.34. The number of carboxylic acid groups (broad SMARTS) is 1. The van der Waals surface area contributed by atoms with Gasteiger partial charge in [0.2, 0.25) is 0 Å². The molecule has 0 aliphatic heterocycles. The van der Waals surface area contributed by atoms with Crippen molar-refractivity contribution in [2.75, 3.05) is 6.26 Å². The number of aromatic nitrogens is 2. The minimum atomic E-state index is -1.08. The van der Waals surface area contributed by atoms with Crippen molar-refractivity contribution >= 4 is 40.9 Å². The van der Waals surface area contributed by atoms with Crippen LogP contribution < -0.4 is 0 Å². The molecule has 3 rings (SSSR count). The molecule has 0 amide bonds. The van der Waals surface area contributed by atoms with Crippen LogP contribution in [0, 0.1) is 0 Å². The van der Waals surface area contributed by atoms with Crippen molar-refractivity contribution in [1.82, 2.24) is 9.55 Å². The highest BCUT2D eigenvalue weighted by Crippen LogP contribution is 2.35. The Morgan fingerprint density at radius 1 is 1.12 bits per heavy atom. The molecule has 0 radical (unpaired) electrons. The smallest absolute Gasteiger partial charge is 0.357 e. The molecule has 122 valence electrons. The van der Waals surface area contributed by atoms with E-state index in [1.165, 1.54) is 11.8 Å². The van der Waals surface area contributed by atoms with Gasteiger partial charge in [-0.25, -0.2) is 9.78 Å². The number of aromatic carboxylic acids is 1. The monoisotopic (exact) mass is 378 g/mol. The molecule has 3 aromatic rings. The first-order valence-electron chi connectivity index (χ1n) is 6.93. The topological polar surface area (TPSA) is 55.1 Å². The van der Waals surface area contributed by atoms with Crippen LogP contribution in [0.5, 0.6) is 0 Å². The molecule has 0 atom stereocenters. The summed E-state index contributed by atoms with van der Waals surface area (Å²) in [6.07, 6.45) is 1.81. The molecular formula is C17H12Cl2N2O2S. The van der Waals surface area contributed by atoms with E-state index in [0.29, 0.717) is 26.5 Å². The van der Waals surface area contributed by atoms with E-state index in [4.69, 9.17) is 23.2 Å². The largest absolute Gasteiger partial charge is 0.476 e. The molecule has 4 nitrogen and oxygen atoms in total. The predicted octanol–water partition coefficient (Wildman–Crippen LogP) is 5.27. The molecular weight excluding hydrogens is 367 g/mol. The lowest BCUT2D eigenvalue weighted by molar-refractivity contribution is 0.0687. The van der Waals surface area contributed by atoms with E-state index in [1.807, 2.05) is 36.6 Å². The van der Waals surface area contributed by atoms with Crippen molar-refractivity contribution in [3.05, 3.63) is 64.3 Å². The van der Waals surface area contributed by atoms with Crippen molar-refractivity contribution in [2.24, 2.45) is 0 Å². The summed E-state index contributed by atoms with van der Waals surface area (Å²) in [6.45, 7) is 0. The summed E-state index contributed by atoms with van der Waals surface area (Å²) in [5.74, 6) is -0.606. The van der Waals surface area contributed by atoms with Crippen LogP contribution in [0.4, 0.5) is 0 Å². The molecule has 0 aliphatic carbocycles. The number of carboxylic acids is 1. The second-order valence-corrected chi connectivity index (χ2v) is 6.53. The summed E-state index contributed by atoms with van der Waals surface area (Å²) in [5, 5.41) is 11.1. The number of thioether (sulfide) groups is 1. The molecule has 0 fully saturated rings. The SMILES string of the molecule is CSc1c(C(=O)O)nc(-c2ccccc2Cl)n1-c1ccc(Cl)cc1. The highest BCUT2D eigenvalue weighted by atomic mass is 35.5. The number of rotatable bonds is 4. The zero-order valence-corrected chi connectivity index (χ0v) is 14.9. The lowest BCUT2D eigenvalue weighted by Gasteiger charge is -2.12. The number of hydrogen-bond donors (Lipinski definition) is 1. The van der Waals surface area contributed by atoms with Gasteiger partial charge in [-0.15, -0.1) is 11.8 Å². The fraction of sp³-hybridized carbons (Fsp3) is 0.0588. The van der Waals surface area contributed by atoms with E-state index >= 15 is 0 Å². The molecule has 0 aliphatic rings. The average Bonchev–Trinajstić information content (AvgIpc) is 2.95. The Bertz CT molecular complexity index is 907. The first-order valence-corrected chi connectivity index (χ1v) is 8.92. The average molecular weight is 379 g/mol. The van der Waals surface area contributed by atoms with Gasteiger partial charge in [0, 0.05) is 16.3 Å². The van der Waals surface area contributed by atoms with Gasteiger partial charge >= 0.3 is 5.97 Å².